The van der Waals surface area contributed by atoms with Crippen LogP contribution in [0.2, 0.25) is 0 Å². The lowest BCUT2D eigenvalue weighted by atomic mass is 10.1. The van der Waals surface area contributed by atoms with Gasteiger partial charge in [0.1, 0.15) is 17.2 Å². The van der Waals surface area contributed by atoms with Crippen LogP contribution in [0.1, 0.15) is 22.3 Å². The van der Waals surface area contributed by atoms with Crippen LogP contribution in [-0.4, -0.2) is 28.0 Å². The van der Waals surface area contributed by atoms with E-state index < -0.39 is 15.9 Å². The first-order chi connectivity index (χ1) is 15.2. The van der Waals surface area contributed by atoms with E-state index in [9.17, 15) is 13.2 Å². The highest BCUT2D eigenvalue weighted by molar-refractivity contribution is 7.93. The quantitative estimate of drug-likeness (QED) is 0.558. The molecule has 0 fully saturated rings. The monoisotopic (exact) mass is 452 g/mol. The van der Waals surface area contributed by atoms with Gasteiger partial charge in [-0.3, -0.25) is 9.10 Å². The van der Waals surface area contributed by atoms with Crippen molar-refractivity contribution in [3.63, 3.8) is 0 Å². The summed E-state index contributed by atoms with van der Waals surface area (Å²) in [5.41, 5.74) is 4.24. The molecule has 0 saturated heterocycles. The molecule has 0 radical (unpaired) electrons. The zero-order chi connectivity index (χ0) is 23.3. The van der Waals surface area contributed by atoms with E-state index in [0.29, 0.717) is 12.2 Å². The third kappa shape index (κ3) is 5.48. The van der Waals surface area contributed by atoms with E-state index in [-0.39, 0.29) is 17.2 Å². The smallest absolute Gasteiger partial charge is 0.268 e. The van der Waals surface area contributed by atoms with E-state index in [1.807, 2.05) is 57.2 Å². The first-order valence-corrected chi connectivity index (χ1v) is 11.7. The molecule has 1 N–H and O–H groups in total. The fourth-order valence-electron chi connectivity index (χ4n) is 3.22. The molecule has 0 aliphatic rings. The molecule has 0 unspecified atom stereocenters. The lowest BCUT2D eigenvalue weighted by molar-refractivity contribution is -0.119. The van der Waals surface area contributed by atoms with E-state index >= 15 is 0 Å². The number of ether oxygens (including phenoxy) is 1. The highest BCUT2D eigenvalue weighted by Crippen LogP contribution is 2.31. The van der Waals surface area contributed by atoms with Crippen molar-refractivity contribution in [1.82, 2.24) is 5.32 Å². The van der Waals surface area contributed by atoms with Crippen LogP contribution in [0.4, 0.5) is 5.69 Å². The molecule has 32 heavy (non-hydrogen) atoms. The Labute approximate surface area is 189 Å². The van der Waals surface area contributed by atoms with Gasteiger partial charge in [-0.25, -0.2) is 8.42 Å². The van der Waals surface area contributed by atoms with Gasteiger partial charge in [0.15, 0.2) is 0 Å². The first kappa shape index (κ1) is 23.3. The Bertz CT molecular complexity index is 1190. The van der Waals surface area contributed by atoms with Gasteiger partial charge in [-0.2, -0.15) is 0 Å². The second kappa shape index (κ2) is 9.87. The Morgan fingerprint density at radius 3 is 2.03 bits per heavy atom. The minimum Gasteiger partial charge on any atom is -0.495 e. The average Bonchev–Trinajstić information content (AvgIpc) is 2.77. The fourth-order valence-corrected chi connectivity index (χ4v) is 4.89. The number of anilines is 1. The van der Waals surface area contributed by atoms with Crippen LogP contribution in [-0.2, 0) is 21.4 Å². The molecule has 0 aliphatic heterocycles. The number of amides is 1. The molecular formula is C25H28N2O4S. The number of hydrogen-bond donors (Lipinski definition) is 1. The molecule has 3 aromatic rings. The summed E-state index contributed by atoms with van der Waals surface area (Å²) < 4.78 is 33.8. The van der Waals surface area contributed by atoms with Crippen molar-refractivity contribution in [2.24, 2.45) is 0 Å². The Balaban J connectivity index is 1.92. The van der Waals surface area contributed by atoms with Gasteiger partial charge in [-0.05, 0) is 56.2 Å². The molecule has 0 aliphatic carbocycles. The maximum Gasteiger partial charge on any atom is 0.268 e. The Kier molecular flexibility index (Phi) is 7.20. The van der Waals surface area contributed by atoms with Gasteiger partial charge in [0.2, 0.25) is 5.91 Å². The van der Waals surface area contributed by atoms with Crippen molar-refractivity contribution >= 4 is 21.6 Å². The summed E-state index contributed by atoms with van der Waals surface area (Å²) in [6.45, 7) is 5.68. The van der Waals surface area contributed by atoms with Crippen LogP contribution in [0.15, 0.2) is 71.6 Å². The standard InChI is InChI=1S/C25H28N2O4S/c1-18-5-10-21(11-6-18)16-26-25(28)17-27(22-12-7-19(2)8-13-22)32(29,30)24-15-20(3)9-14-23(24)31-4/h5-15H,16-17H2,1-4H3,(H,26,28). The number of nitrogens with one attached hydrogen (secondary N) is 1. The summed E-state index contributed by atoms with van der Waals surface area (Å²) in [4.78, 5) is 12.8. The molecule has 7 heteroatoms. The number of aryl methyl sites for hydroxylation is 3. The summed E-state index contributed by atoms with van der Waals surface area (Å²) in [5, 5.41) is 2.82. The van der Waals surface area contributed by atoms with Gasteiger partial charge in [0, 0.05) is 6.54 Å². The highest BCUT2D eigenvalue weighted by atomic mass is 32.2. The van der Waals surface area contributed by atoms with Crippen molar-refractivity contribution in [2.45, 2.75) is 32.2 Å². The zero-order valence-electron chi connectivity index (χ0n) is 18.8. The Hall–Kier alpha value is -3.32. The van der Waals surface area contributed by atoms with Crippen molar-refractivity contribution < 1.29 is 17.9 Å². The second-order valence-corrected chi connectivity index (χ2v) is 9.59. The van der Waals surface area contributed by atoms with Gasteiger partial charge in [0.05, 0.1) is 12.8 Å². The number of benzene rings is 3. The van der Waals surface area contributed by atoms with Gasteiger partial charge >= 0.3 is 0 Å². The molecule has 0 atom stereocenters. The van der Waals surface area contributed by atoms with Crippen molar-refractivity contribution in [3.05, 3.63) is 89.0 Å². The maximum absolute atomic E-state index is 13.7. The maximum atomic E-state index is 13.7. The predicted molar refractivity (Wildman–Crippen MR) is 126 cm³/mol. The minimum absolute atomic E-state index is 0.0203. The average molecular weight is 453 g/mol. The van der Waals surface area contributed by atoms with Crippen molar-refractivity contribution in [2.75, 3.05) is 18.0 Å². The molecule has 3 rings (SSSR count). The van der Waals surface area contributed by atoms with E-state index in [2.05, 4.69) is 5.32 Å². The van der Waals surface area contributed by atoms with Gasteiger partial charge < -0.3 is 10.1 Å². The predicted octanol–water partition coefficient (Wildman–Crippen LogP) is 4.13. The van der Waals surface area contributed by atoms with E-state index in [1.54, 1.807) is 30.3 Å². The molecule has 0 heterocycles. The largest absolute Gasteiger partial charge is 0.495 e. The fraction of sp³-hybridized carbons (Fsp3) is 0.240. The highest BCUT2D eigenvalue weighted by Gasteiger charge is 2.30. The third-order valence-electron chi connectivity index (χ3n) is 5.11. The van der Waals surface area contributed by atoms with E-state index in [1.165, 1.54) is 7.11 Å². The van der Waals surface area contributed by atoms with Crippen LogP contribution in [0.25, 0.3) is 0 Å². The molecule has 0 aromatic heterocycles. The number of hydrogen-bond acceptors (Lipinski definition) is 4. The summed E-state index contributed by atoms with van der Waals surface area (Å²) in [7, 11) is -2.64. The van der Waals surface area contributed by atoms with Gasteiger partial charge in [0.25, 0.3) is 10.0 Å². The van der Waals surface area contributed by atoms with Crippen molar-refractivity contribution in [1.29, 1.82) is 0 Å². The number of methoxy groups -OCH3 is 1. The van der Waals surface area contributed by atoms with E-state index in [4.69, 9.17) is 4.74 Å². The number of nitrogens with zero attached hydrogens (tertiary/aromatic N) is 1. The summed E-state index contributed by atoms with van der Waals surface area (Å²) in [6.07, 6.45) is 0. The normalized spacial score (nSPS) is 11.1. The number of sulfonamides is 1. The third-order valence-corrected chi connectivity index (χ3v) is 6.90. The van der Waals surface area contributed by atoms with E-state index in [0.717, 1.165) is 26.6 Å². The van der Waals surface area contributed by atoms with Crippen LogP contribution >= 0.6 is 0 Å². The summed E-state index contributed by atoms with van der Waals surface area (Å²) in [6, 6.07) is 19.8. The Morgan fingerprint density at radius 2 is 1.44 bits per heavy atom. The number of carbonyl (C=O) groups is 1. The minimum atomic E-state index is -4.07. The molecule has 168 valence electrons. The Morgan fingerprint density at radius 1 is 0.875 bits per heavy atom. The zero-order valence-corrected chi connectivity index (χ0v) is 19.6. The summed E-state index contributed by atoms with van der Waals surface area (Å²) >= 11 is 0. The lowest BCUT2D eigenvalue weighted by Crippen LogP contribution is -2.40. The molecule has 0 spiro atoms. The molecule has 6 nitrogen and oxygen atoms in total. The van der Waals surface area contributed by atoms with Crippen LogP contribution in [0.5, 0.6) is 5.75 Å². The van der Waals surface area contributed by atoms with Crippen LogP contribution < -0.4 is 14.4 Å². The SMILES string of the molecule is COc1ccc(C)cc1S(=O)(=O)N(CC(=O)NCc1ccc(C)cc1)c1ccc(C)cc1. The molecule has 1 amide bonds. The molecule has 0 saturated carbocycles. The van der Waals surface area contributed by atoms with Crippen LogP contribution in [0.3, 0.4) is 0 Å². The molecule has 3 aromatic carbocycles. The lowest BCUT2D eigenvalue weighted by Gasteiger charge is -2.25. The summed E-state index contributed by atoms with van der Waals surface area (Å²) in [5.74, 6) is -0.172. The topological polar surface area (TPSA) is 75.7 Å². The molecule has 0 bridgehead atoms. The number of rotatable bonds is 8. The van der Waals surface area contributed by atoms with Crippen LogP contribution in [0, 0.1) is 20.8 Å². The molecular weight excluding hydrogens is 424 g/mol. The first-order valence-electron chi connectivity index (χ1n) is 10.3. The van der Waals surface area contributed by atoms with Gasteiger partial charge in [-0.15, -0.1) is 0 Å². The van der Waals surface area contributed by atoms with Gasteiger partial charge in [-0.1, -0.05) is 53.6 Å². The second-order valence-electron chi connectivity index (χ2n) is 7.76. The number of carbonyl (C=O) groups excluding carboxylic acids is 1. The van der Waals surface area contributed by atoms with Crippen molar-refractivity contribution in [3.8, 4) is 5.75 Å².